The van der Waals surface area contributed by atoms with Crippen molar-refractivity contribution in [1.29, 1.82) is 0 Å². The average Bonchev–Trinajstić information content (AvgIpc) is 3.24. The molecule has 140 valence electrons. The number of hydrogen-bond donors (Lipinski definition) is 2. The zero-order chi connectivity index (χ0) is 17.0. The van der Waals surface area contributed by atoms with Crippen LogP contribution < -0.4 is 5.32 Å². The van der Waals surface area contributed by atoms with E-state index in [2.05, 4.69) is 10.2 Å². The van der Waals surface area contributed by atoms with Crippen molar-refractivity contribution in [2.75, 3.05) is 32.8 Å². The van der Waals surface area contributed by atoms with Gasteiger partial charge in [0.05, 0.1) is 6.54 Å². The van der Waals surface area contributed by atoms with E-state index in [1.54, 1.807) is 0 Å². The van der Waals surface area contributed by atoms with Crippen molar-refractivity contribution in [3.8, 4) is 0 Å². The van der Waals surface area contributed by atoms with E-state index in [0.717, 1.165) is 57.2 Å². The van der Waals surface area contributed by atoms with Gasteiger partial charge in [0.2, 0.25) is 5.91 Å². The van der Waals surface area contributed by atoms with Crippen molar-refractivity contribution in [1.82, 2.24) is 10.2 Å². The highest BCUT2D eigenvalue weighted by Gasteiger charge is 2.24. The Labute approximate surface area is 148 Å². The predicted octanol–water partition coefficient (Wildman–Crippen LogP) is 3.34. The Hall–Kier alpha value is -0.610. The lowest BCUT2D eigenvalue weighted by Gasteiger charge is -2.27. The lowest BCUT2D eigenvalue weighted by Crippen LogP contribution is -2.41. The Kier molecular flexibility index (Phi) is 9.74. The van der Waals surface area contributed by atoms with Gasteiger partial charge in [-0.3, -0.25) is 9.69 Å². The van der Waals surface area contributed by atoms with Crippen LogP contribution in [0.5, 0.6) is 0 Å². The molecule has 2 rings (SSSR count). The normalized spacial score (nSPS) is 19.4. The van der Waals surface area contributed by atoms with Crippen LogP contribution in [-0.4, -0.2) is 48.7 Å². The lowest BCUT2D eigenvalue weighted by atomic mass is 10.0. The molecule has 0 radical (unpaired) electrons. The molecule has 0 unspecified atom stereocenters. The maximum absolute atomic E-state index is 12.3. The van der Waals surface area contributed by atoms with Crippen LogP contribution in [-0.2, 0) is 4.79 Å². The molecule has 2 aliphatic carbocycles. The number of rotatable bonds is 12. The first-order chi connectivity index (χ1) is 11.8. The number of carbonyl (C=O) groups is 1. The molecule has 1 amide bonds. The summed E-state index contributed by atoms with van der Waals surface area (Å²) in [5.74, 6) is 1.84. The summed E-state index contributed by atoms with van der Waals surface area (Å²) in [5, 5.41) is 11.9. The molecular formula is C20H38N2O2. The molecule has 0 aromatic rings. The van der Waals surface area contributed by atoms with Crippen LogP contribution in [0.1, 0.15) is 77.0 Å². The average molecular weight is 339 g/mol. The molecule has 4 nitrogen and oxygen atoms in total. The number of hydrogen-bond acceptors (Lipinski definition) is 3. The van der Waals surface area contributed by atoms with E-state index in [0.29, 0.717) is 6.54 Å². The van der Waals surface area contributed by atoms with Gasteiger partial charge in [-0.25, -0.2) is 0 Å². The standard InChI is InChI=1S/C20H38N2O2/c23-14-8-2-1-7-13-21-20(24)17-22(15-18-9-3-4-10-18)16-19-11-5-6-12-19/h18-19,23H,1-17H2,(H,21,24). The topological polar surface area (TPSA) is 52.6 Å². The van der Waals surface area contributed by atoms with E-state index < -0.39 is 0 Å². The number of unbranched alkanes of at least 4 members (excludes halogenated alkanes) is 3. The van der Waals surface area contributed by atoms with Crippen molar-refractivity contribution in [3.63, 3.8) is 0 Å². The van der Waals surface area contributed by atoms with Gasteiger partial charge in [-0.05, 0) is 50.4 Å². The second kappa shape index (κ2) is 11.9. The van der Waals surface area contributed by atoms with Crippen molar-refractivity contribution >= 4 is 5.91 Å². The van der Waals surface area contributed by atoms with Crippen molar-refractivity contribution < 1.29 is 9.90 Å². The van der Waals surface area contributed by atoms with Gasteiger partial charge in [0.1, 0.15) is 0 Å². The number of nitrogens with one attached hydrogen (secondary N) is 1. The third kappa shape index (κ3) is 7.98. The molecule has 4 heteroatoms. The molecule has 0 aliphatic heterocycles. The summed E-state index contributed by atoms with van der Waals surface area (Å²) in [6, 6.07) is 0. The van der Waals surface area contributed by atoms with Gasteiger partial charge in [0, 0.05) is 26.2 Å². The second-order valence-corrected chi connectivity index (χ2v) is 7.98. The molecule has 0 spiro atoms. The smallest absolute Gasteiger partial charge is 0.234 e. The summed E-state index contributed by atoms with van der Waals surface area (Å²) in [6.07, 6.45) is 15.0. The van der Waals surface area contributed by atoms with Gasteiger partial charge in [-0.15, -0.1) is 0 Å². The molecule has 0 aromatic carbocycles. The van der Waals surface area contributed by atoms with Crippen LogP contribution in [0.3, 0.4) is 0 Å². The van der Waals surface area contributed by atoms with E-state index in [9.17, 15) is 4.79 Å². The Morgan fingerprint density at radius 2 is 1.42 bits per heavy atom. The van der Waals surface area contributed by atoms with Crippen LogP contribution in [0.25, 0.3) is 0 Å². The Morgan fingerprint density at radius 3 is 1.96 bits per heavy atom. The highest BCUT2D eigenvalue weighted by Crippen LogP contribution is 2.28. The van der Waals surface area contributed by atoms with E-state index in [1.807, 2.05) is 0 Å². The number of nitrogens with zero attached hydrogens (tertiary/aromatic N) is 1. The fourth-order valence-corrected chi connectivity index (χ4v) is 4.40. The summed E-state index contributed by atoms with van der Waals surface area (Å²) in [6.45, 7) is 3.90. The maximum atomic E-state index is 12.3. The van der Waals surface area contributed by atoms with Gasteiger partial charge >= 0.3 is 0 Å². The molecule has 0 saturated heterocycles. The molecule has 2 N–H and O–H groups in total. The first kappa shape index (κ1) is 19.7. The number of aliphatic hydroxyl groups excluding tert-OH is 1. The quantitative estimate of drug-likeness (QED) is 0.537. The van der Waals surface area contributed by atoms with E-state index >= 15 is 0 Å². The zero-order valence-corrected chi connectivity index (χ0v) is 15.5. The first-order valence-electron chi connectivity index (χ1n) is 10.4. The van der Waals surface area contributed by atoms with Crippen LogP contribution in [0, 0.1) is 11.8 Å². The van der Waals surface area contributed by atoms with Crippen molar-refractivity contribution in [2.45, 2.75) is 77.0 Å². The molecule has 2 fully saturated rings. The highest BCUT2D eigenvalue weighted by molar-refractivity contribution is 5.77. The monoisotopic (exact) mass is 338 g/mol. The van der Waals surface area contributed by atoms with Gasteiger partial charge in [-0.2, -0.15) is 0 Å². The maximum Gasteiger partial charge on any atom is 0.234 e. The minimum absolute atomic E-state index is 0.202. The summed E-state index contributed by atoms with van der Waals surface area (Å²) in [7, 11) is 0. The SMILES string of the molecule is O=C(CN(CC1CCCC1)CC1CCCC1)NCCCCCCO. The minimum atomic E-state index is 0.202. The van der Waals surface area contributed by atoms with Gasteiger partial charge in [0.25, 0.3) is 0 Å². The zero-order valence-electron chi connectivity index (χ0n) is 15.5. The summed E-state index contributed by atoms with van der Waals surface area (Å²) in [5.41, 5.74) is 0. The third-order valence-electron chi connectivity index (χ3n) is 5.76. The first-order valence-corrected chi connectivity index (χ1v) is 10.4. The Morgan fingerprint density at radius 1 is 0.875 bits per heavy atom. The largest absolute Gasteiger partial charge is 0.396 e. The van der Waals surface area contributed by atoms with Crippen molar-refractivity contribution in [3.05, 3.63) is 0 Å². The van der Waals surface area contributed by atoms with E-state index in [1.165, 1.54) is 51.4 Å². The number of amides is 1. The Bertz CT molecular complexity index is 319. The molecule has 2 aliphatic rings. The molecule has 0 atom stereocenters. The lowest BCUT2D eigenvalue weighted by molar-refractivity contribution is -0.122. The molecule has 2 saturated carbocycles. The summed E-state index contributed by atoms with van der Waals surface area (Å²) >= 11 is 0. The fourth-order valence-electron chi connectivity index (χ4n) is 4.40. The van der Waals surface area contributed by atoms with Gasteiger partial charge in [-0.1, -0.05) is 38.5 Å². The van der Waals surface area contributed by atoms with E-state index in [4.69, 9.17) is 5.11 Å². The van der Waals surface area contributed by atoms with Crippen LogP contribution in [0.15, 0.2) is 0 Å². The third-order valence-corrected chi connectivity index (χ3v) is 5.76. The predicted molar refractivity (Wildman–Crippen MR) is 98.9 cm³/mol. The van der Waals surface area contributed by atoms with E-state index in [-0.39, 0.29) is 12.5 Å². The Balaban J connectivity index is 1.66. The molecule has 0 heterocycles. The minimum Gasteiger partial charge on any atom is -0.396 e. The molecule has 0 bridgehead atoms. The van der Waals surface area contributed by atoms with Crippen LogP contribution in [0.2, 0.25) is 0 Å². The molecule has 24 heavy (non-hydrogen) atoms. The van der Waals surface area contributed by atoms with Crippen molar-refractivity contribution in [2.24, 2.45) is 11.8 Å². The summed E-state index contributed by atoms with van der Waals surface area (Å²) in [4.78, 5) is 14.7. The van der Waals surface area contributed by atoms with Crippen LogP contribution >= 0.6 is 0 Å². The van der Waals surface area contributed by atoms with Crippen LogP contribution in [0.4, 0.5) is 0 Å². The second-order valence-electron chi connectivity index (χ2n) is 7.98. The van der Waals surface area contributed by atoms with Gasteiger partial charge in [0.15, 0.2) is 0 Å². The summed E-state index contributed by atoms with van der Waals surface area (Å²) < 4.78 is 0. The highest BCUT2D eigenvalue weighted by atomic mass is 16.2. The number of carbonyl (C=O) groups excluding carboxylic acids is 1. The van der Waals surface area contributed by atoms with Gasteiger partial charge < -0.3 is 10.4 Å². The fraction of sp³-hybridized carbons (Fsp3) is 0.950. The molecular weight excluding hydrogens is 300 g/mol. The number of aliphatic hydroxyl groups is 1. The molecule has 0 aromatic heterocycles.